The predicted molar refractivity (Wildman–Crippen MR) is 184 cm³/mol. The van der Waals surface area contributed by atoms with E-state index in [1.54, 1.807) is 24.5 Å². The molecule has 2 aromatic carbocycles. The molecule has 2 N–H and O–H groups in total. The van der Waals surface area contributed by atoms with Gasteiger partial charge in [0.05, 0.1) is 16.4 Å². The highest BCUT2D eigenvalue weighted by Crippen LogP contribution is 2.26. The lowest BCUT2D eigenvalue weighted by molar-refractivity contribution is 0.295. The van der Waals surface area contributed by atoms with E-state index in [1.165, 1.54) is 24.6 Å². The van der Waals surface area contributed by atoms with Crippen LogP contribution in [0.3, 0.4) is 0 Å². The number of nitrogens with one attached hydrogen (secondary N) is 2. The topological polar surface area (TPSA) is 56.3 Å². The molecule has 2 heterocycles. The maximum absolute atomic E-state index is 14.1. The molecule has 6 nitrogen and oxygen atoms in total. The number of hydrogen-bond donors (Lipinski definition) is 2. The van der Waals surface area contributed by atoms with E-state index in [2.05, 4.69) is 71.9 Å². The first-order valence-corrected chi connectivity index (χ1v) is 16.3. The van der Waals surface area contributed by atoms with Crippen molar-refractivity contribution in [2.45, 2.75) is 79.3 Å². The maximum Gasteiger partial charge on any atom is 0.134 e. The normalized spacial score (nSPS) is 12.8. The Morgan fingerprint density at radius 3 is 1.82 bits per heavy atom. The Morgan fingerprint density at radius 1 is 0.682 bits per heavy atom. The third kappa shape index (κ3) is 10.7. The minimum absolute atomic E-state index is 0.219. The molecule has 0 saturated carbocycles. The van der Waals surface area contributed by atoms with Crippen LogP contribution in [0.4, 0.5) is 20.2 Å². The van der Waals surface area contributed by atoms with Crippen LogP contribution in [-0.4, -0.2) is 71.1 Å². The number of fused-ring (bicyclic) bond motifs is 2. The molecule has 2 atom stereocenters. The number of anilines is 2. The molecule has 2 aromatic heterocycles. The molecule has 0 fully saturated rings. The van der Waals surface area contributed by atoms with E-state index in [9.17, 15) is 8.78 Å². The zero-order valence-corrected chi connectivity index (χ0v) is 27.5. The summed E-state index contributed by atoms with van der Waals surface area (Å²) in [5.41, 5.74) is 3.25. The molecule has 0 aliphatic heterocycles. The van der Waals surface area contributed by atoms with Crippen molar-refractivity contribution in [3.05, 3.63) is 72.6 Å². The first-order valence-electron chi connectivity index (χ1n) is 16.3. The van der Waals surface area contributed by atoms with Crippen LogP contribution in [0, 0.1) is 11.6 Å². The van der Waals surface area contributed by atoms with Crippen LogP contribution in [0.1, 0.15) is 67.2 Å². The van der Waals surface area contributed by atoms with E-state index in [-0.39, 0.29) is 11.6 Å². The summed E-state index contributed by atoms with van der Waals surface area (Å²) in [6.45, 7) is 19.8. The summed E-state index contributed by atoms with van der Waals surface area (Å²) >= 11 is 0. The molecule has 4 aromatic rings. The average Bonchev–Trinajstić information content (AvgIpc) is 3.02. The summed E-state index contributed by atoms with van der Waals surface area (Å²) in [6, 6.07) is 14.3. The molecule has 240 valence electrons. The van der Waals surface area contributed by atoms with Gasteiger partial charge in [-0.05, 0) is 115 Å². The molecule has 0 spiro atoms. The van der Waals surface area contributed by atoms with Crippen molar-refractivity contribution in [3.63, 3.8) is 0 Å². The number of rotatable bonds is 16. The van der Waals surface area contributed by atoms with Gasteiger partial charge in [-0.1, -0.05) is 33.8 Å². The molecule has 0 amide bonds. The molecule has 0 radical (unpaired) electrons. The quantitative estimate of drug-likeness (QED) is 0.133. The van der Waals surface area contributed by atoms with E-state index in [4.69, 9.17) is 0 Å². The summed E-state index contributed by atoms with van der Waals surface area (Å²) in [5.74, 6) is -0.465. The third-order valence-electron chi connectivity index (χ3n) is 8.24. The van der Waals surface area contributed by atoms with Crippen LogP contribution >= 0.6 is 0 Å². The lowest BCUT2D eigenvalue weighted by atomic mass is 10.1. The second kappa shape index (κ2) is 18.4. The first-order chi connectivity index (χ1) is 21.3. The van der Waals surface area contributed by atoms with Gasteiger partial charge < -0.3 is 20.4 Å². The number of halogens is 2. The Hall–Kier alpha value is -3.36. The Labute approximate surface area is 263 Å². The van der Waals surface area contributed by atoms with Crippen molar-refractivity contribution in [3.8, 4) is 0 Å². The van der Waals surface area contributed by atoms with Crippen molar-refractivity contribution in [2.24, 2.45) is 0 Å². The highest BCUT2D eigenvalue weighted by atomic mass is 19.1. The second-order valence-corrected chi connectivity index (χ2v) is 11.4. The number of pyridine rings is 2. The average molecular weight is 607 g/mol. The van der Waals surface area contributed by atoms with E-state index in [0.29, 0.717) is 28.5 Å². The van der Waals surface area contributed by atoms with Crippen molar-refractivity contribution >= 4 is 33.2 Å². The summed E-state index contributed by atoms with van der Waals surface area (Å²) in [5, 5.41) is 8.53. The first kappa shape index (κ1) is 35.1. The lowest BCUT2D eigenvalue weighted by Crippen LogP contribution is -2.25. The van der Waals surface area contributed by atoms with Gasteiger partial charge in [0.15, 0.2) is 0 Å². The number of aromatic nitrogens is 2. The lowest BCUT2D eigenvalue weighted by Gasteiger charge is -2.20. The SMILES string of the molecule is CCN(CC)CCCC(C)Nc1ccnc2cc(F)ccc12.CCN(CC)CCCC(C)Nc1ccnc2cccc(F)c12. The Bertz CT molecular complexity index is 1390. The minimum atomic E-state index is -0.246. The molecule has 0 saturated heterocycles. The van der Waals surface area contributed by atoms with Gasteiger partial charge in [0.25, 0.3) is 0 Å². The van der Waals surface area contributed by atoms with Crippen LogP contribution in [0.25, 0.3) is 21.8 Å². The maximum atomic E-state index is 14.1. The van der Waals surface area contributed by atoms with Crippen LogP contribution in [-0.2, 0) is 0 Å². The fraction of sp³-hybridized carbons (Fsp3) is 0.500. The number of nitrogens with zero attached hydrogens (tertiary/aromatic N) is 4. The Morgan fingerprint density at radius 2 is 1.23 bits per heavy atom. The molecule has 8 heteroatoms. The predicted octanol–water partition coefficient (Wildman–Crippen LogP) is 8.59. The van der Waals surface area contributed by atoms with Crippen molar-refractivity contribution in [1.29, 1.82) is 0 Å². The highest BCUT2D eigenvalue weighted by Gasteiger charge is 2.11. The van der Waals surface area contributed by atoms with Gasteiger partial charge in [-0.15, -0.1) is 0 Å². The Kier molecular flexibility index (Phi) is 14.7. The van der Waals surface area contributed by atoms with Gasteiger partial charge in [0.1, 0.15) is 11.6 Å². The van der Waals surface area contributed by atoms with Crippen LogP contribution in [0.15, 0.2) is 60.9 Å². The van der Waals surface area contributed by atoms with Crippen molar-refractivity contribution in [1.82, 2.24) is 19.8 Å². The molecule has 44 heavy (non-hydrogen) atoms. The van der Waals surface area contributed by atoms with Crippen LogP contribution in [0.5, 0.6) is 0 Å². The summed E-state index contributed by atoms with van der Waals surface area (Å²) < 4.78 is 27.3. The second-order valence-electron chi connectivity index (χ2n) is 11.4. The highest BCUT2D eigenvalue weighted by molar-refractivity contribution is 5.92. The van der Waals surface area contributed by atoms with E-state index in [1.807, 2.05) is 18.2 Å². The molecule has 4 rings (SSSR count). The van der Waals surface area contributed by atoms with Gasteiger partial charge in [0, 0.05) is 47.3 Å². The number of benzene rings is 2. The van der Waals surface area contributed by atoms with Crippen LogP contribution in [0.2, 0.25) is 0 Å². The van der Waals surface area contributed by atoms with E-state index >= 15 is 0 Å². The zero-order valence-electron chi connectivity index (χ0n) is 27.5. The summed E-state index contributed by atoms with van der Waals surface area (Å²) in [6.07, 6.45) is 7.95. The smallest absolute Gasteiger partial charge is 0.134 e. The summed E-state index contributed by atoms with van der Waals surface area (Å²) in [7, 11) is 0. The van der Waals surface area contributed by atoms with E-state index in [0.717, 1.165) is 75.3 Å². The monoisotopic (exact) mass is 606 g/mol. The zero-order chi connectivity index (χ0) is 31.9. The molecule has 2 unspecified atom stereocenters. The number of hydrogen-bond acceptors (Lipinski definition) is 6. The van der Waals surface area contributed by atoms with Gasteiger partial charge in [-0.25, -0.2) is 8.78 Å². The van der Waals surface area contributed by atoms with Crippen molar-refractivity contribution in [2.75, 3.05) is 49.9 Å². The molecule has 0 bridgehead atoms. The largest absolute Gasteiger partial charge is 0.382 e. The van der Waals surface area contributed by atoms with Gasteiger partial charge in [0.2, 0.25) is 0 Å². The van der Waals surface area contributed by atoms with E-state index < -0.39 is 0 Å². The van der Waals surface area contributed by atoms with Crippen molar-refractivity contribution < 1.29 is 8.78 Å². The third-order valence-corrected chi connectivity index (χ3v) is 8.24. The molecule has 0 aliphatic carbocycles. The van der Waals surface area contributed by atoms with Gasteiger partial charge in [-0.3, -0.25) is 9.97 Å². The summed E-state index contributed by atoms with van der Waals surface area (Å²) in [4.78, 5) is 13.3. The fourth-order valence-corrected chi connectivity index (χ4v) is 5.53. The Balaban J connectivity index is 0.000000240. The molecular weight excluding hydrogens is 554 g/mol. The standard InChI is InChI=1S/2C18H26FN3/c1-4-22(5-2)13-7-8-14(3)21-17-11-12-20-16-10-6-9-15(19)18(16)17;1-4-22(5-2)12-6-7-14(3)21-17-10-11-20-18-13-15(19)8-9-16(17)18/h6,9-12,14H,4-5,7-8,13H2,1-3H3,(H,20,21);8-11,13-14H,4-7,12H2,1-3H3,(H,20,21). The fourth-order valence-electron chi connectivity index (χ4n) is 5.53. The molecule has 0 aliphatic rings. The minimum Gasteiger partial charge on any atom is -0.382 e. The van der Waals surface area contributed by atoms with Gasteiger partial charge in [-0.2, -0.15) is 0 Å². The van der Waals surface area contributed by atoms with Crippen LogP contribution < -0.4 is 10.6 Å². The molecular formula is C36H52F2N6. The van der Waals surface area contributed by atoms with Gasteiger partial charge >= 0.3 is 0 Å².